The molecule has 0 saturated heterocycles. The Morgan fingerprint density at radius 1 is 0.871 bits per heavy atom. The van der Waals surface area contributed by atoms with Crippen molar-refractivity contribution in [2.75, 3.05) is 0 Å². The molecule has 2 aromatic heterocycles. The Kier molecular flexibility index (Phi) is 5.47. The highest BCUT2D eigenvalue weighted by atomic mass is 35.5. The lowest BCUT2D eigenvalue weighted by Gasteiger charge is -2.20. The first-order chi connectivity index (χ1) is 15.1. The quantitative estimate of drug-likeness (QED) is 0.374. The van der Waals surface area contributed by atoms with Crippen molar-refractivity contribution in [1.29, 1.82) is 0 Å². The van der Waals surface area contributed by atoms with Crippen LogP contribution in [0.3, 0.4) is 0 Å². The van der Waals surface area contributed by atoms with E-state index in [0.29, 0.717) is 27.1 Å². The van der Waals surface area contributed by atoms with Gasteiger partial charge in [-0.1, -0.05) is 72.8 Å². The number of rotatable bonds is 3. The van der Waals surface area contributed by atoms with Crippen LogP contribution in [-0.2, 0) is 0 Å². The largest absolute Gasteiger partial charge is 0.296 e. The smallest absolute Gasteiger partial charge is 0.265 e. The fraction of sp³-hybridized carbons (Fsp3) is 0.250. The van der Waals surface area contributed by atoms with Gasteiger partial charge >= 0.3 is 0 Å². The van der Waals surface area contributed by atoms with Crippen molar-refractivity contribution in [2.45, 2.75) is 38.0 Å². The lowest BCUT2D eigenvalue weighted by Crippen LogP contribution is -2.27. The summed E-state index contributed by atoms with van der Waals surface area (Å²) in [6.45, 7) is 0. The summed E-state index contributed by atoms with van der Waals surface area (Å²) in [5.41, 5.74) is 3.79. The average molecular weight is 451 g/mol. The van der Waals surface area contributed by atoms with Crippen LogP contribution in [-0.4, -0.2) is 19.8 Å². The Balaban J connectivity index is 1.76. The standard InChI is InChI=1S/C24H20Cl2N4O/c25-17-12-10-15(11-13-17)19-14-21-27-28-22(16-6-2-1-3-7-16)24(31)30(21)29-23(19)18-8-4-5-9-20(18)26/h4-5,8-14,16H,1-3,6-7H2. The predicted molar refractivity (Wildman–Crippen MR) is 124 cm³/mol. The fourth-order valence-electron chi connectivity index (χ4n) is 4.27. The molecule has 4 aromatic rings. The minimum atomic E-state index is -0.201. The van der Waals surface area contributed by atoms with Crippen molar-refractivity contribution in [1.82, 2.24) is 19.8 Å². The maximum Gasteiger partial charge on any atom is 0.296 e. The molecule has 0 bridgehead atoms. The van der Waals surface area contributed by atoms with Gasteiger partial charge in [-0.3, -0.25) is 4.79 Å². The molecule has 0 spiro atoms. The molecule has 0 radical (unpaired) electrons. The zero-order chi connectivity index (χ0) is 21.4. The summed E-state index contributed by atoms with van der Waals surface area (Å²) in [7, 11) is 0. The normalized spacial score (nSPS) is 14.8. The molecule has 7 heteroatoms. The first kappa shape index (κ1) is 20.2. The monoisotopic (exact) mass is 450 g/mol. The Hall–Kier alpha value is -2.76. The zero-order valence-corrected chi connectivity index (χ0v) is 18.3. The van der Waals surface area contributed by atoms with Crippen LogP contribution in [0.2, 0.25) is 10.0 Å². The summed E-state index contributed by atoms with van der Waals surface area (Å²) in [6, 6.07) is 16.8. The molecule has 1 saturated carbocycles. The second kappa shape index (κ2) is 8.40. The van der Waals surface area contributed by atoms with E-state index in [1.807, 2.05) is 54.6 Å². The highest BCUT2D eigenvalue weighted by Crippen LogP contribution is 2.35. The minimum absolute atomic E-state index is 0.146. The average Bonchev–Trinajstić information content (AvgIpc) is 2.80. The van der Waals surface area contributed by atoms with Crippen LogP contribution >= 0.6 is 23.2 Å². The van der Waals surface area contributed by atoms with Crippen molar-refractivity contribution in [3.63, 3.8) is 0 Å². The van der Waals surface area contributed by atoms with E-state index in [9.17, 15) is 4.79 Å². The molecule has 0 amide bonds. The van der Waals surface area contributed by atoms with Crippen molar-refractivity contribution in [2.24, 2.45) is 0 Å². The second-order valence-electron chi connectivity index (χ2n) is 7.89. The summed E-state index contributed by atoms with van der Waals surface area (Å²) in [6.07, 6.45) is 5.37. The predicted octanol–water partition coefficient (Wildman–Crippen LogP) is 6.17. The van der Waals surface area contributed by atoms with E-state index in [0.717, 1.165) is 42.4 Å². The van der Waals surface area contributed by atoms with Crippen molar-refractivity contribution in [3.05, 3.63) is 80.7 Å². The zero-order valence-electron chi connectivity index (χ0n) is 16.8. The topological polar surface area (TPSA) is 60.2 Å². The third-order valence-corrected chi connectivity index (χ3v) is 6.47. The molecule has 0 atom stereocenters. The molecule has 5 rings (SSSR count). The van der Waals surface area contributed by atoms with Crippen molar-refractivity contribution < 1.29 is 0 Å². The first-order valence-electron chi connectivity index (χ1n) is 10.4. The summed E-state index contributed by atoms with van der Waals surface area (Å²) >= 11 is 12.6. The Morgan fingerprint density at radius 2 is 1.61 bits per heavy atom. The summed E-state index contributed by atoms with van der Waals surface area (Å²) < 4.78 is 1.37. The first-order valence-corrected chi connectivity index (χ1v) is 11.2. The van der Waals surface area contributed by atoms with Gasteiger partial charge < -0.3 is 0 Å². The van der Waals surface area contributed by atoms with E-state index in [-0.39, 0.29) is 11.5 Å². The van der Waals surface area contributed by atoms with Crippen LogP contribution in [0.25, 0.3) is 28.0 Å². The molecule has 0 aliphatic heterocycles. The number of halogens is 2. The third-order valence-electron chi connectivity index (χ3n) is 5.89. The Labute approximate surface area is 189 Å². The number of benzene rings is 2. The minimum Gasteiger partial charge on any atom is -0.265 e. The van der Waals surface area contributed by atoms with Gasteiger partial charge in [-0.05, 0) is 42.7 Å². The van der Waals surface area contributed by atoms with Gasteiger partial charge in [0, 0.05) is 22.1 Å². The number of fused-ring (bicyclic) bond motifs is 1. The van der Waals surface area contributed by atoms with E-state index >= 15 is 0 Å². The van der Waals surface area contributed by atoms with Gasteiger partial charge in [-0.25, -0.2) is 0 Å². The lowest BCUT2D eigenvalue weighted by molar-refractivity contribution is 0.429. The van der Waals surface area contributed by atoms with Crippen LogP contribution in [0.1, 0.15) is 43.7 Å². The molecule has 156 valence electrons. The molecule has 0 N–H and O–H groups in total. The molecule has 1 aliphatic rings. The Bertz CT molecular complexity index is 1310. The van der Waals surface area contributed by atoms with E-state index < -0.39 is 0 Å². The molecule has 5 nitrogen and oxygen atoms in total. The molecule has 31 heavy (non-hydrogen) atoms. The summed E-state index contributed by atoms with van der Waals surface area (Å²) in [5, 5.41) is 14.6. The number of hydrogen-bond donors (Lipinski definition) is 0. The third kappa shape index (κ3) is 3.84. The van der Waals surface area contributed by atoms with E-state index in [4.69, 9.17) is 28.3 Å². The van der Waals surface area contributed by atoms with E-state index in [1.165, 1.54) is 10.9 Å². The molecular weight excluding hydrogens is 431 g/mol. The van der Waals surface area contributed by atoms with Crippen LogP contribution in [0.4, 0.5) is 0 Å². The van der Waals surface area contributed by atoms with Crippen LogP contribution in [0.5, 0.6) is 0 Å². The summed E-state index contributed by atoms with van der Waals surface area (Å²) in [5.74, 6) is 0.146. The lowest BCUT2D eigenvalue weighted by atomic mass is 9.87. The van der Waals surface area contributed by atoms with Gasteiger partial charge in [0.1, 0.15) is 11.4 Å². The SMILES string of the molecule is O=c1c(C2CCCCC2)nnc2cc(-c3ccc(Cl)cc3)c(-c3ccccc3Cl)nn12. The van der Waals surface area contributed by atoms with Gasteiger partial charge in [-0.15, -0.1) is 10.2 Å². The maximum atomic E-state index is 13.3. The van der Waals surface area contributed by atoms with Gasteiger partial charge in [0.15, 0.2) is 5.65 Å². The molecular formula is C24H20Cl2N4O. The maximum absolute atomic E-state index is 13.3. The highest BCUT2D eigenvalue weighted by molar-refractivity contribution is 6.33. The summed E-state index contributed by atoms with van der Waals surface area (Å²) in [4.78, 5) is 13.3. The molecule has 1 aliphatic carbocycles. The number of nitrogens with zero attached hydrogens (tertiary/aromatic N) is 4. The van der Waals surface area contributed by atoms with Gasteiger partial charge in [0.05, 0.1) is 5.02 Å². The fourth-order valence-corrected chi connectivity index (χ4v) is 4.63. The molecule has 1 fully saturated rings. The van der Waals surface area contributed by atoms with Crippen molar-refractivity contribution in [3.8, 4) is 22.4 Å². The molecule has 2 aromatic carbocycles. The number of aromatic nitrogens is 4. The molecule has 2 heterocycles. The van der Waals surface area contributed by atoms with Crippen LogP contribution < -0.4 is 5.56 Å². The van der Waals surface area contributed by atoms with Gasteiger partial charge in [0.2, 0.25) is 0 Å². The van der Waals surface area contributed by atoms with Crippen molar-refractivity contribution >= 4 is 28.8 Å². The molecule has 0 unspecified atom stereocenters. The number of hydrogen-bond acceptors (Lipinski definition) is 4. The van der Waals surface area contributed by atoms with Gasteiger partial charge in [0.25, 0.3) is 5.56 Å². The Morgan fingerprint density at radius 3 is 2.35 bits per heavy atom. The van der Waals surface area contributed by atoms with Crippen LogP contribution in [0, 0.1) is 0 Å². The second-order valence-corrected chi connectivity index (χ2v) is 8.73. The van der Waals surface area contributed by atoms with Gasteiger partial charge in [-0.2, -0.15) is 9.61 Å². The highest BCUT2D eigenvalue weighted by Gasteiger charge is 2.23. The van der Waals surface area contributed by atoms with Crippen LogP contribution in [0.15, 0.2) is 59.4 Å². The van der Waals surface area contributed by atoms with E-state index in [1.54, 1.807) is 0 Å². The van der Waals surface area contributed by atoms with E-state index in [2.05, 4.69) is 10.2 Å².